The van der Waals surface area contributed by atoms with Gasteiger partial charge in [0.05, 0.1) is 13.2 Å². The Kier molecular flexibility index (Phi) is 20.6. The number of ether oxygens (including phenoxy) is 1. The van der Waals surface area contributed by atoms with E-state index < -0.39 is 8.60 Å². The molecule has 0 spiro atoms. The van der Waals surface area contributed by atoms with E-state index in [9.17, 15) is 0 Å². The van der Waals surface area contributed by atoms with Gasteiger partial charge in [0.15, 0.2) is 0 Å². The van der Waals surface area contributed by atoms with Crippen molar-refractivity contribution in [1.29, 1.82) is 0 Å². The molecule has 0 aliphatic carbocycles. The Labute approximate surface area is 144 Å². The van der Waals surface area contributed by atoms with Gasteiger partial charge in [-0.2, -0.15) is 0 Å². The SMILES string of the molecule is CCCCCCCCCCCCOCC(C)(C)CO.OP(O)O. The van der Waals surface area contributed by atoms with E-state index in [0.717, 1.165) is 13.0 Å². The molecule has 0 aromatic rings. The molecule has 23 heavy (non-hydrogen) atoms. The topological polar surface area (TPSA) is 90.2 Å². The third-order valence-electron chi connectivity index (χ3n) is 3.56. The smallest absolute Gasteiger partial charge is 0.324 e. The molecule has 0 fully saturated rings. The van der Waals surface area contributed by atoms with Gasteiger partial charge >= 0.3 is 8.60 Å². The Morgan fingerprint density at radius 1 is 0.783 bits per heavy atom. The first-order valence-corrected chi connectivity index (χ1v) is 10.1. The second-order valence-corrected chi connectivity index (χ2v) is 7.36. The van der Waals surface area contributed by atoms with Crippen LogP contribution in [0.4, 0.5) is 0 Å². The molecular weight excluding hydrogens is 315 g/mol. The Morgan fingerprint density at radius 3 is 1.57 bits per heavy atom. The summed E-state index contributed by atoms with van der Waals surface area (Å²) in [5, 5.41) is 9.09. The first kappa shape index (κ1) is 25.5. The Hall–Kier alpha value is 0.230. The van der Waals surface area contributed by atoms with E-state index >= 15 is 0 Å². The van der Waals surface area contributed by atoms with E-state index in [4.69, 9.17) is 24.5 Å². The molecule has 0 aromatic carbocycles. The summed E-state index contributed by atoms with van der Waals surface area (Å²) in [7, 11) is -2.62. The largest absolute Gasteiger partial charge is 0.396 e. The van der Waals surface area contributed by atoms with Crippen molar-refractivity contribution in [3.63, 3.8) is 0 Å². The van der Waals surface area contributed by atoms with Gasteiger partial charge in [-0.25, -0.2) is 0 Å². The molecular formula is C17H39O5P. The van der Waals surface area contributed by atoms with Gasteiger partial charge in [-0.15, -0.1) is 0 Å². The molecule has 0 radical (unpaired) electrons. The standard InChI is InChI=1S/C17H36O2.H3O3P/c1-4-5-6-7-8-9-10-11-12-13-14-19-16-17(2,3)15-18;1-4(2)3/h18H,4-16H2,1-3H3;1-3H. The lowest BCUT2D eigenvalue weighted by Crippen LogP contribution is -2.23. The van der Waals surface area contributed by atoms with Crippen LogP contribution in [0.2, 0.25) is 0 Å². The molecule has 0 saturated carbocycles. The van der Waals surface area contributed by atoms with Crippen LogP contribution < -0.4 is 0 Å². The van der Waals surface area contributed by atoms with E-state index in [0.29, 0.717) is 6.61 Å². The molecule has 0 atom stereocenters. The number of rotatable bonds is 14. The first-order chi connectivity index (χ1) is 10.9. The van der Waals surface area contributed by atoms with E-state index in [-0.39, 0.29) is 12.0 Å². The molecule has 0 saturated heterocycles. The molecule has 0 aliphatic heterocycles. The van der Waals surface area contributed by atoms with Crippen molar-refractivity contribution in [3.8, 4) is 0 Å². The predicted octanol–water partition coefficient (Wildman–Crippen LogP) is 4.13. The zero-order valence-corrected chi connectivity index (χ0v) is 16.2. The summed E-state index contributed by atoms with van der Waals surface area (Å²) in [6.45, 7) is 8.05. The van der Waals surface area contributed by atoms with Gasteiger partial charge in [0.2, 0.25) is 0 Å². The fraction of sp³-hybridized carbons (Fsp3) is 1.00. The summed E-state index contributed by atoms with van der Waals surface area (Å²) in [5.74, 6) is 0. The number of hydrogen-bond donors (Lipinski definition) is 4. The van der Waals surface area contributed by atoms with Crippen molar-refractivity contribution < 1.29 is 24.5 Å². The van der Waals surface area contributed by atoms with Gasteiger partial charge in [-0.05, 0) is 6.42 Å². The highest BCUT2D eigenvalue weighted by molar-refractivity contribution is 7.38. The second-order valence-electron chi connectivity index (χ2n) is 6.83. The number of aliphatic hydroxyl groups excluding tert-OH is 1. The van der Waals surface area contributed by atoms with Crippen molar-refractivity contribution in [3.05, 3.63) is 0 Å². The number of unbranched alkanes of at least 4 members (excludes halogenated alkanes) is 9. The maximum atomic E-state index is 9.09. The normalized spacial score (nSPS) is 11.5. The first-order valence-electron chi connectivity index (χ1n) is 8.91. The molecule has 0 unspecified atom stereocenters. The Morgan fingerprint density at radius 2 is 1.17 bits per heavy atom. The highest BCUT2D eigenvalue weighted by Crippen LogP contribution is 2.14. The predicted molar refractivity (Wildman–Crippen MR) is 97.1 cm³/mol. The summed E-state index contributed by atoms with van der Waals surface area (Å²) in [6, 6.07) is 0. The third kappa shape index (κ3) is 27.4. The van der Waals surface area contributed by atoms with Gasteiger partial charge in [-0.1, -0.05) is 78.6 Å². The van der Waals surface area contributed by atoms with E-state index in [2.05, 4.69) is 6.92 Å². The van der Waals surface area contributed by atoms with Crippen LogP contribution in [0.25, 0.3) is 0 Å². The zero-order valence-electron chi connectivity index (χ0n) is 15.3. The lowest BCUT2D eigenvalue weighted by Gasteiger charge is -2.21. The van der Waals surface area contributed by atoms with Crippen molar-refractivity contribution in [2.45, 2.75) is 85.0 Å². The summed E-state index contributed by atoms with van der Waals surface area (Å²) in [4.78, 5) is 21.7. The van der Waals surface area contributed by atoms with Gasteiger partial charge in [0.25, 0.3) is 0 Å². The van der Waals surface area contributed by atoms with Crippen LogP contribution in [0.3, 0.4) is 0 Å². The minimum Gasteiger partial charge on any atom is -0.396 e. The fourth-order valence-electron chi connectivity index (χ4n) is 2.09. The van der Waals surface area contributed by atoms with E-state index in [1.54, 1.807) is 0 Å². The van der Waals surface area contributed by atoms with Crippen molar-refractivity contribution in [1.82, 2.24) is 0 Å². The lowest BCUT2D eigenvalue weighted by atomic mass is 9.97. The van der Waals surface area contributed by atoms with Crippen LogP contribution in [0.1, 0.15) is 85.0 Å². The maximum Gasteiger partial charge on any atom is 0.324 e. The molecule has 0 rings (SSSR count). The van der Waals surface area contributed by atoms with Gasteiger partial charge < -0.3 is 24.5 Å². The average Bonchev–Trinajstić information content (AvgIpc) is 2.48. The number of hydrogen-bond acceptors (Lipinski definition) is 5. The minimum atomic E-state index is -2.62. The molecule has 6 heteroatoms. The van der Waals surface area contributed by atoms with Crippen LogP contribution >= 0.6 is 8.60 Å². The molecule has 0 heterocycles. The summed E-state index contributed by atoms with van der Waals surface area (Å²) >= 11 is 0. The van der Waals surface area contributed by atoms with E-state index in [1.165, 1.54) is 57.8 Å². The maximum absolute atomic E-state index is 9.09. The quantitative estimate of drug-likeness (QED) is 0.278. The zero-order chi connectivity index (χ0) is 18.0. The van der Waals surface area contributed by atoms with Crippen LogP contribution in [-0.4, -0.2) is 39.6 Å². The molecule has 4 N–H and O–H groups in total. The van der Waals surface area contributed by atoms with Crippen LogP contribution in [0, 0.1) is 5.41 Å². The molecule has 0 aliphatic rings. The Balaban J connectivity index is 0. The molecule has 5 nitrogen and oxygen atoms in total. The van der Waals surface area contributed by atoms with Crippen LogP contribution in [0.5, 0.6) is 0 Å². The van der Waals surface area contributed by atoms with Gasteiger partial charge in [-0.3, -0.25) is 0 Å². The summed E-state index contributed by atoms with van der Waals surface area (Å²) in [5.41, 5.74) is -0.0848. The highest BCUT2D eigenvalue weighted by atomic mass is 31.2. The highest BCUT2D eigenvalue weighted by Gasteiger charge is 2.15. The third-order valence-corrected chi connectivity index (χ3v) is 3.56. The van der Waals surface area contributed by atoms with Crippen molar-refractivity contribution in [2.24, 2.45) is 5.41 Å². The van der Waals surface area contributed by atoms with Crippen LogP contribution in [0.15, 0.2) is 0 Å². The molecule has 142 valence electrons. The van der Waals surface area contributed by atoms with Crippen molar-refractivity contribution >= 4 is 8.60 Å². The van der Waals surface area contributed by atoms with Gasteiger partial charge in [0.1, 0.15) is 0 Å². The minimum absolute atomic E-state index is 0.0848. The lowest BCUT2D eigenvalue weighted by molar-refractivity contribution is 0.0265. The molecule has 0 amide bonds. The fourth-order valence-corrected chi connectivity index (χ4v) is 2.09. The molecule has 0 bridgehead atoms. The Bertz CT molecular complexity index is 222. The number of aliphatic hydroxyl groups is 1. The van der Waals surface area contributed by atoms with Crippen LogP contribution in [-0.2, 0) is 4.74 Å². The van der Waals surface area contributed by atoms with E-state index in [1.807, 2.05) is 13.8 Å². The summed E-state index contributed by atoms with van der Waals surface area (Å²) < 4.78 is 5.60. The summed E-state index contributed by atoms with van der Waals surface area (Å²) in [6.07, 6.45) is 13.6. The van der Waals surface area contributed by atoms with Gasteiger partial charge in [0, 0.05) is 12.0 Å². The monoisotopic (exact) mass is 354 g/mol. The average molecular weight is 354 g/mol. The second kappa shape index (κ2) is 18.6. The molecule has 0 aromatic heterocycles. The van der Waals surface area contributed by atoms with Crippen molar-refractivity contribution in [2.75, 3.05) is 19.8 Å².